The van der Waals surface area contributed by atoms with E-state index in [1.165, 1.54) is 16.3 Å². The zero-order chi connectivity index (χ0) is 21.7. The zero-order valence-electron chi connectivity index (χ0n) is 17.2. The molecule has 0 aliphatic carbocycles. The maximum absolute atomic E-state index is 12.5. The van der Waals surface area contributed by atoms with Crippen molar-refractivity contribution in [2.45, 2.75) is 33.9 Å². The molecular formula is C22H24N4O4. The fraction of sp³-hybridized carbons (Fsp3) is 0.273. The maximum Gasteiger partial charge on any atom is 0.390 e. The smallest absolute Gasteiger partial charge is 0.390 e. The normalized spacial score (nSPS) is 10.6. The lowest BCUT2D eigenvalue weighted by atomic mass is 10.1. The molecule has 0 saturated carbocycles. The third kappa shape index (κ3) is 5.22. The van der Waals surface area contributed by atoms with E-state index in [0.29, 0.717) is 31.0 Å². The van der Waals surface area contributed by atoms with Crippen LogP contribution < -0.4 is 10.1 Å². The summed E-state index contributed by atoms with van der Waals surface area (Å²) in [4.78, 5) is 22.7. The van der Waals surface area contributed by atoms with E-state index >= 15 is 0 Å². The SMILES string of the molecule is Cc1ccc(OCc2cccc(C(=O)NCCn3nc([N+](=O)[O-])cc3C)c2)c(C)c1. The molecule has 2 aromatic carbocycles. The standard InChI is InChI=1S/C22H24N4O4/c1-15-7-8-20(16(2)11-15)30-14-18-5-4-6-19(13-18)22(27)23-9-10-25-17(3)12-21(24-25)26(28)29/h4-8,11-13H,9-10,14H2,1-3H3,(H,23,27). The molecule has 3 aromatic rings. The van der Waals surface area contributed by atoms with Gasteiger partial charge in [-0.1, -0.05) is 29.8 Å². The molecule has 8 nitrogen and oxygen atoms in total. The number of aryl methyl sites for hydroxylation is 3. The minimum atomic E-state index is -0.534. The molecule has 8 heteroatoms. The van der Waals surface area contributed by atoms with Gasteiger partial charge in [-0.05, 0) is 55.0 Å². The fourth-order valence-corrected chi connectivity index (χ4v) is 3.11. The first kappa shape index (κ1) is 21.0. The van der Waals surface area contributed by atoms with Gasteiger partial charge in [0, 0.05) is 12.1 Å². The highest BCUT2D eigenvalue weighted by atomic mass is 16.6. The Bertz CT molecular complexity index is 1070. The van der Waals surface area contributed by atoms with Gasteiger partial charge in [-0.25, -0.2) is 0 Å². The van der Waals surface area contributed by atoms with E-state index in [1.54, 1.807) is 19.1 Å². The largest absolute Gasteiger partial charge is 0.489 e. The van der Waals surface area contributed by atoms with Crippen LogP contribution in [-0.4, -0.2) is 27.2 Å². The van der Waals surface area contributed by atoms with Crippen molar-refractivity contribution in [3.05, 3.63) is 86.6 Å². The number of hydrogen-bond acceptors (Lipinski definition) is 5. The summed E-state index contributed by atoms with van der Waals surface area (Å²) in [5, 5.41) is 17.5. The second-order valence-electron chi connectivity index (χ2n) is 7.14. The number of nitro groups is 1. The van der Waals surface area contributed by atoms with Crippen molar-refractivity contribution in [3.8, 4) is 5.75 Å². The van der Waals surface area contributed by atoms with Gasteiger partial charge in [0.1, 0.15) is 12.4 Å². The third-order valence-electron chi connectivity index (χ3n) is 4.68. The summed E-state index contributed by atoms with van der Waals surface area (Å²) < 4.78 is 7.39. The molecule has 0 aliphatic heterocycles. The highest BCUT2D eigenvalue weighted by Crippen LogP contribution is 2.20. The summed E-state index contributed by atoms with van der Waals surface area (Å²) >= 11 is 0. The van der Waals surface area contributed by atoms with Gasteiger partial charge in [0.15, 0.2) is 0 Å². The van der Waals surface area contributed by atoms with Crippen LogP contribution in [0.1, 0.15) is 32.7 Å². The van der Waals surface area contributed by atoms with Crippen LogP contribution >= 0.6 is 0 Å². The van der Waals surface area contributed by atoms with E-state index in [1.807, 2.05) is 38.1 Å². The van der Waals surface area contributed by atoms with E-state index in [2.05, 4.69) is 16.5 Å². The first-order valence-electron chi connectivity index (χ1n) is 9.59. The Hall–Kier alpha value is -3.68. The van der Waals surface area contributed by atoms with Crippen LogP contribution in [0.4, 0.5) is 5.82 Å². The molecule has 0 radical (unpaired) electrons. The molecule has 0 fully saturated rings. The number of amides is 1. The summed E-state index contributed by atoms with van der Waals surface area (Å²) in [6.07, 6.45) is 0. The van der Waals surface area contributed by atoms with Gasteiger partial charge in [0.2, 0.25) is 0 Å². The van der Waals surface area contributed by atoms with E-state index in [-0.39, 0.29) is 11.7 Å². The number of hydrogen-bond donors (Lipinski definition) is 1. The van der Waals surface area contributed by atoms with Crippen molar-refractivity contribution in [1.82, 2.24) is 15.1 Å². The summed E-state index contributed by atoms with van der Waals surface area (Å²) in [6, 6.07) is 14.7. The number of nitrogens with one attached hydrogen (secondary N) is 1. The van der Waals surface area contributed by atoms with Gasteiger partial charge >= 0.3 is 5.82 Å². The van der Waals surface area contributed by atoms with Gasteiger partial charge in [-0.15, -0.1) is 0 Å². The van der Waals surface area contributed by atoms with Crippen LogP contribution in [0.5, 0.6) is 5.75 Å². The van der Waals surface area contributed by atoms with Crippen LogP contribution in [0.15, 0.2) is 48.5 Å². The molecule has 1 aromatic heterocycles. The molecule has 0 bridgehead atoms. The average Bonchev–Trinajstić information content (AvgIpc) is 3.08. The summed E-state index contributed by atoms with van der Waals surface area (Å²) in [7, 11) is 0. The lowest BCUT2D eigenvalue weighted by molar-refractivity contribution is -0.389. The second kappa shape index (κ2) is 9.21. The summed E-state index contributed by atoms with van der Waals surface area (Å²) in [5.41, 5.74) is 4.33. The van der Waals surface area contributed by atoms with Crippen molar-refractivity contribution in [2.24, 2.45) is 0 Å². The van der Waals surface area contributed by atoms with Gasteiger partial charge in [0.05, 0.1) is 23.4 Å². The number of carbonyl (C=O) groups excluding carboxylic acids is 1. The first-order chi connectivity index (χ1) is 14.3. The number of ether oxygens (including phenoxy) is 1. The number of nitrogens with zero attached hydrogens (tertiary/aromatic N) is 3. The molecule has 1 N–H and O–H groups in total. The molecule has 3 rings (SSSR count). The summed E-state index contributed by atoms with van der Waals surface area (Å²) in [5.74, 6) is 0.400. The first-order valence-corrected chi connectivity index (χ1v) is 9.59. The highest BCUT2D eigenvalue weighted by molar-refractivity contribution is 5.94. The predicted octanol–water partition coefficient (Wildman–Crippen LogP) is 3.73. The Kier molecular flexibility index (Phi) is 6.46. The molecule has 0 saturated heterocycles. The molecule has 30 heavy (non-hydrogen) atoms. The van der Waals surface area contributed by atoms with E-state index < -0.39 is 4.92 Å². The van der Waals surface area contributed by atoms with Crippen LogP contribution in [0, 0.1) is 30.9 Å². The van der Waals surface area contributed by atoms with E-state index in [9.17, 15) is 14.9 Å². The Labute approximate surface area is 174 Å². The topological polar surface area (TPSA) is 99.3 Å². The van der Waals surface area contributed by atoms with Crippen molar-refractivity contribution >= 4 is 11.7 Å². The molecule has 0 atom stereocenters. The molecule has 0 spiro atoms. The number of carbonyl (C=O) groups is 1. The zero-order valence-corrected chi connectivity index (χ0v) is 17.2. The molecule has 0 unspecified atom stereocenters. The lowest BCUT2D eigenvalue weighted by Gasteiger charge is -2.11. The number of benzene rings is 2. The Morgan fingerprint density at radius 2 is 1.97 bits per heavy atom. The van der Waals surface area contributed by atoms with Crippen molar-refractivity contribution in [3.63, 3.8) is 0 Å². The van der Waals surface area contributed by atoms with Crippen LogP contribution in [0.25, 0.3) is 0 Å². The minimum absolute atomic E-state index is 0.199. The number of aromatic nitrogens is 2. The second-order valence-corrected chi connectivity index (χ2v) is 7.14. The molecular weight excluding hydrogens is 384 g/mol. The minimum Gasteiger partial charge on any atom is -0.489 e. The van der Waals surface area contributed by atoms with Crippen molar-refractivity contribution in [1.29, 1.82) is 0 Å². The average molecular weight is 408 g/mol. The van der Waals surface area contributed by atoms with Crippen LogP contribution in [-0.2, 0) is 13.2 Å². The van der Waals surface area contributed by atoms with Crippen LogP contribution in [0.2, 0.25) is 0 Å². The lowest BCUT2D eigenvalue weighted by Crippen LogP contribution is -2.27. The quantitative estimate of drug-likeness (QED) is 0.452. The molecule has 156 valence electrons. The Balaban J connectivity index is 1.56. The van der Waals surface area contributed by atoms with Gasteiger partial charge in [-0.2, -0.15) is 4.68 Å². The molecule has 0 aliphatic rings. The third-order valence-corrected chi connectivity index (χ3v) is 4.68. The Morgan fingerprint density at radius 3 is 2.67 bits per heavy atom. The van der Waals surface area contributed by atoms with E-state index in [4.69, 9.17) is 4.74 Å². The molecule has 1 heterocycles. The monoisotopic (exact) mass is 408 g/mol. The molecule has 1 amide bonds. The van der Waals surface area contributed by atoms with Crippen molar-refractivity contribution in [2.75, 3.05) is 6.54 Å². The maximum atomic E-state index is 12.5. The highest BCUT2D eigenvalue weighted by Gasteiger charge is 2.15. The van der Waals surface area contributed by atoms with E-state index in [0.717, 1.165) is 16.9 Å². The van der Waals surface area contributed by atoms with Gasteiger partial charge < -0.3 is 20.2 Å². The van der Waals surface area contributed by atoms with Crippen molar-refractivity contribution < 1.29 is 14.5 Å². The predicted molar refractivity (Wildman–Crippen MR) is 113 cm³/mol. The summed E-state index contributed by atoms with van der Waals surface area (Å²) in [6.45, 7) is 6.79. The van der Waals surface area contributed by atoms with Crippen LogP contribution in [0.3, 0.4) is 0 Å². The van der Waals surface area contributed by atoms with Gasteiger partial charge in [-0.3, -0.25) is 4.79 Å². The fourth-order valence-electron chi connectivity index (χ4n) is 3.11. The van der Waals surface area contributed by atoms with Gasteiger partial charge in [0.25, 0.3) is 5.91 Å². The Morgan fingerprint density at radius 1 is 1.17 bits per heavy atom. The number of rotatable bonds is 8.